The van der Waals surface area contributed by atoms with Gasteiger partial charge in [0.05, 0.1) is 32.1 Å². The van der Waals surface area contributed by atoms with Crippen molar-refractivity contribution in [2.24, 2.45) is 10.4 Å². The Hall–Kier alpha value is -4.79. The van der Waals surface area contributed by atoms with E-state index in [9.17, 15) is 19.2 Å². The number of unbranched alkanes of at least 4 members (excludes halogenated alkanes) is 1. The summed E-state index contributed by atoms with van der Waals surface area (Å²) in [6.07, 6.45) is 0.380. The minimum Gasteiger partial charge on any atom is -0.465 e. The van der Waals surface area contributed by atoms with Crippen molar-refractivity contribution in [3.63, 3.8) is 0 Å². The van der Waals surface area contributed by atoms with Gasteiger partial charge in [-0.2, -0.15) is 0 Å². The van der Waals surface area contributed by atoms with E-state index in [1.807, 2.05) is 67.6 Å². The third-order valence-corrected chi connectivity index (χ3v) is 7.30. The molecule has 0 aromatic heterocycles. The first kappa shape index (κ1) is 35.7. The highest BCUT2D eigenvalue weighted by Gasteiger charge is 2.51. The van der Waals surface area contributed by atoms with Crippen molar-refractivity contribution in [1.82, 2.24) is 0 Å². The zero-order chi connectivity index (χ0) is 33.2. The molecule has 0 aliphatic heterocycles. The van der Waals surface area contributed by atoms with Gasteiger partial charge < -0.3 is 18.9 Å². The van der Waals surface area contributed by atoms with Gasteiger partial charge in [-0.1, -0.05) is 104 Å². The van der Waals surface area contributed by atoms with Crippen LogP contribution in [0.5, 0.6) is 0 Å². The van der Waals surface area contributed by atoms with Crippen LogP contribution < -0.4 is 0 Å². The van der Waals surface area contributed by atoms with E-state index in [0.717, 1.165) is 17.5 Å². The molecule has 3 aromatic rings. The number of ketones is 1. The van der Waals surface area contributed by atoms with Crippen molar-refractivity contribution in [3.8, 4) is 0 Å². The third kappa shape index (κ3) is 10.1. The van der Waals surface area contributed by atoms with Crippen molar-refractivity contribution in [2.75, 3.05) is 26.4 Å². The lowest BCUT2D eigenvalue weighted by atomic mass is 9.76. The number of benzene rings is 3. The molecule has 0 aliphatic rings. The van der Waals surface area contributed by atoms with Gasteiger partial charge in [-0.25, -0.2) is 4.79 Å². The molecule has 9 nitrogen and oxygen atoms in total. The van der Waals surface area contributed by atoms with E-state index >= 15 is 0 Å². The lowest BCUT2D eigenvalue weighted by Gasteiger charge is -2.31. The van der Waals surface area contributed by atoms with Crippen LogP contribution in [-0.4, -0.2) is 62.1 Å². The summed E-state index contributed by atoms with van der Waals surface area (Å²) in [7, 11) is 0. The van der Waals surface area contributed by atoms with Crippen molar-refractivity contribution in [2.45, 2.75) is 58.9 Å². The summed E-state index contributed by atoms with van der Waals surface area (Å²) in [6, 6.07) is 26.2. The van der Waals surface area contributed by atoms with E-state index in [-0.39, 0.29) is 51.5 Å². The Bertz CT molecular complexity index is 1360. The van der Waals surface area contributed by atoms with Gasteiger partial charge in [-0.3, -0.25) is 19.4 Å². The van der Waals surface area contributed by atoms with Crippen molar-refractivity contribution in [1.29, 1.82) is 0 Å². The lowest BCUT2D eigenvalue weighted by molar-refractivity contribution is -0.173. The van der Waals surface area contributed by atoms with Crippen LogP contribution in [0.25, 0.3) is 0 Å². The van der Waals surface area contributed by atoms with E-state index in [4.69, 9.17) is 23.9 Å². The van der Waals surface area contributed by atoms with Gasteiger partial charge in [0, 0.05) is 23.1 Å². The number of hydrogen-bond acceptors (Lipinski definition) is 9. The summed E-state index contributed by atoms with van der Waals surface area (Å²) in [6.45, 7) is 5.36. The first-order valence-electron chi connectivity index (χ1n) is 15.8. The maximum Gasteiger partial charge on any atom is 0.508 e. The largest absolute Gasteiger partial charge is 0.508 e. The Morgan fingerprint density at radius 3 is 1.54 bits per heavy atom. The fourth-order valence-corrected chi connectivity index (χ4v) is 4.95. The maximum absolute atomic E-state index is 14.2. The van der Waals surface area contributed by atoms with Crippen LogP contribution in [0.3, 0.4) is 0 Å². The van der Waals surface area contributed by atoms with Crippen LogP contribution in [0.15, 0.2) is 96.0 Å². The average molecular weight is 630 g/mol. The van der Waals surface area contributed by atoms with Gasteiger partial charge in [-0.15, -0.1) is 0 Å². The van der Waals surface area contributed by atoms with Gasteiger partial charge in [0.1, 0.15) is 6.04 Å². The molecule has 3 rings (SSSR count). The first-order valence-corrected chi connectivity index (χ1v) is 15.8. The highest BCUT2D eigenvalue weighted by atomic mass is 16.7. The second-order valence-corrected chi connectivity index (χ2v) is 10.6. The highest BCUT2D eigenvalue weighted by Crippen LogP contribution is 2.36. The number of aliphatic imine (C=N–C) groups is 1. The number of carbonyl (C=O) groups is 4. The molecule has 46 heavy (non-hydrogen) atoms. The number of rotatable bonds is 18. The van der Waals surface area contributed by atoms with E-state index in [1.165, 1.54) is 0 Å². The fourth-order valence-electron chi connectivity index (χ4n) is 4.95. The van der Waals surface area contributed by atoms with Crippen LogP contribution in [-0.2, 0) is 28.5 Å². The summed E-state index contributed by atoms with van der Waals surface area (Å²) >= 11 is 0. The van der Waals surface area contributed by atoms with Gasteiger partial charge >= 0.3 is 18.1 Å². The van der Waals surface area contributed by atoms with Gasteiger partial charge in [0.15, 0.2) is 11.2 Å². The predicted octanol–water partition coefficient (Wildman–Crippen LogP) is 7.01. The highest BCUT2D eigenvalue weighted by molar-refractivity contribution is 6.14. The topological polar surface area (TPSA) is 118 Å². The number of Topliss-reactive ketones (excluding diaryl/α,β-unsaturated/α-hetero) is 1. The maximum atomic E-state index is 14.2. The smallest absolute Gasteiger partial charge is 0.465 e. The Morgan fingerprint density at radius 1 is 0.630 bits per heavy atom. The molecule has 0 spiro atoms. The minimum atomic E-state index is -1.92. The van der Waals surface area contributed by atoms with Gasteiger partial charge in [-0.05, 0) is 33.1 Å². The summed E-state index contributed by atoms with van der Waals surface area (Å²) in [5.41, 5.74) is 0.491. The zero-order valence-corrected chi connectivity index (χ0v) is 26.8. The van der Waals surface area contributed by atoms with Crippen LogP contribution >= 0.6 is 0 Å². The van der Waals surface area contributed by atoms with Gasteiger partial charge in [0.25, 0.3) is 0 Å². The van der Waals surface area contributed by atoms with E-state index in [1.54, 1.807) is 44.2 Å². The molecule has 3 aromatic carbocycles. The average Bonchev–Trinajstić information content (AvgIpc) is 3.08. The van der Waals surface area contributed by atoms with Crippen LogP contribution in [0.2, 0.25) is 0 Å². The molecule has 0 amide bonds. The molecule has 0 heterocycles. The quantitative estimate of drug-likeness (QED) is 0.0368. The summed E-state index contributed by atoms with van der Waals surface area (Å²) in [4.78, 5) is 58.9. The summed E-state index contributed by atoms with van der Waals surface area (Å²) in [5.74, 6) is -2.04. The number of esters is 2. The lowest BCUT2D eigenvalue weighted by Crippen LogP contribution is -2.46. The van der Waals surface area contributed by atoms with Crippen molar-refractivity contribution in [3.05, 3.63) is 108 Å². The molecular weight excluding hydrogens is 586 g/mol. The standard InChI is InChI=1S/C37H43NO8/c1-4-7-25-45-36(42)46-26-17-24-37(34(40)43-5-2,35(41)44-6-3)27-31(33(39)30-22-15-10-16-23-30)38-32(28-18-11-8-12-19-28)29-20-13-9-14-21-29/h8-16,18-23,31H,4-7,17,24-27H2,1-3H3. The monoisotopic (exact) mass is 629 g/mol. The molecule has 1 unspecified atom stereocenters. The minimum absolute atomic E-state index is 0.0000890. The normalized spacial score (nSPS) is 11.5. The predicted molar refractivity (Wildman–Crippen MR) is 175 cm³/mol. The molecule has 9 heteroatoms. The number of nitrogens with zero attached hydrogens (tertiary/aromatic N) is 1. The molecule has 0 radical (unpaired) electrons. The van der Waals surface area contributed by atoms with E-state index in [0.29, 0.717) is 17.7 Å². The van der Waals surface area contributed by atoms with Crippen molar-refractivity contribution >= 4 is 29.6 Å². The number of ether oxygens (including phenoxy) is 4. The summed E-state index contributed by atoms with van der Waals surface area (Å²) < 4.78 is 21.2. The molecule has 0 saturated heterocycles. The molecule has 0 aliphatic carbocycles. The zero-order valence-electron chi connectivity index (χ0n) is 26.8. The second-order valence-electron chi connectivity index (χ2n) is 10.6. The van der Waals surface area contributed by atoms with Crippen LogP contribution in [0.4, 0.5) is 4.79 Å². The second kappa shape index (κ2) is 18.9. The Labute approximate surface area is 270 Å². The third-order valence-electron chi connectivity index (χ3n) is 7.30. The Balaban J connectivity index is 2.11. The van der Waals surface area contributed by atoms with E-state index < -0.39 is 29.6 Å². The first-order chi connectivity index (χ1) is 22.4. The molecule has 0 bridgehead atoms. The molecular formula is C37H43NO8. The Morgan fingerprint density at radius 2 is 1.09 bits per heavy atom. The molecule has 0 fully saturated rings. The van der Waals surface area contributed by atoms with Crippen LogP contribution in [0.1, 0.15) is 74.4 Å². The molecule has 244 valence electrons. The number of hydrogen-bond donors (Lipinski definition) is 0. The van der Waals surface area contributed by atoms with Gasteiger partial charge in [0.2, 0.25) is 0 Å². The number of carbonyl (C=O) groups excluding carboxylic acids is 4. The van der Waals surface area contributed by atoms with Crippen molar-refractivity contribution < 1.29 is 38.1 Å². The van der Waals surface area contributed by atoms with E-state index in [2.05, 4.69) is 0 Å². The SMILES string of the molecule is CCCCOC(=O)OCCCC(CC(N=C(c1ccccc1)c1ccccc1)C(=O)c1ccccc1)(C(=O)OCC)C(=O)OCC. The molecule has 0 N–H and O–H groups in total. The molecule has 1 atom stereocenters. The summed E-state index contributed by atoms with van der Waals surface area (Å²) in [5, 5.41) is 0. The molecule has 0 saturated carbocycles. The Kier molecular flexibility index (Phi) is 14.7. The van der Waals surface area contributed by atoms with Crippen LogP contribution in [0, 0.1) is 5.41 Å². The fraction of sp³-hybridized carbons (Fsp3) is 0.378.